The molecular weight excluding hydrogens is 324 g/mol. The summed E-state index contributed by atoms with van der Waals surface area (Å²) in [7, 11) is 5.84. The van der Waals surface area contributed by atoms with Crippen molar-refractivity contribution in [2.45, 2.75) is 32.0 Å². The van der Waals surface area contributed by atoms with Gasteiger partial charge in [0, 0.05) is 26.6 Å². The maximum Gasteiger partial charge on any atom is 0.317 e. The van der Waals surface area contributed by atoms with Crippen LogP contribution in [0.3, 0.4) is 0 Å². The average molecular weight is 348 g/mol. The van der Waals surface area contributed by atoms with Gasteiger partial charge in [-0.1, -0.05) is 0 Å². The van der Waals surface area contributed by atoms with E-state index in [4.69, 9.17) is 0 Å². The van der Waals surface area contributed by atoms with Gasteiger partial charge in [0.1, 0.15) is 5.82 Å². The maximum atomic E-state index is 12.4. The van der Waals surface area contributed by atoms with Crippen molar-refractivity contribution in [2.75, 3.05) is 27.7 Å². The summed E-state index contributed by atoms with van der Waals surface area (Å²) in [6, 6.07) is 2.18. The lowest BCUT2D eigenvalue weighted by molar-refractivity contribution is 0.199. The molecule has 1 aliphatic heterocycles. The highest BCUT2D eigenvalue weighted by atomic mass is 32.1. The minimum Gasteiger partial charge on any atom is -0.336 e. The second kappa shape index (κ2) is 7.31. The van der Waals surface area contributed by atoms with Gasteiger partial charge in [0.2, 0.25) is 0 Å². The monoisotopic (exact) mass is 348 g/mol. The second-order valence-electron chi connectivity index (χ2n) is 6.37. The first kappa shape index (κ1) is 16.9. The first-order valence-electron chi connectivity index (χ1n) is 8.14. The average Bonchev–Trinajstić information content (AvgIpc) is 3.26. The highest BCUT2D eigenvalue weighted by molar-refractivity contribution is 7.07. The molecule has 8 heteroatoms. The van der Waals surface area contributed by atoms with Crippen molar-refractivity contribution in [3.05, 3.63) is 34.0 Å². The van der Waals surface area contributed by atoms with Crippen LogP contribution in [0.5, 0.6) is 0 Å². The van der Waals surface area contributed by atoms with Gasteiger partial charge in [-0.25, -0.2) is 4.79 Å². The number of fused-ring (bicyclic) bond motifs is 1. The molecule has 1 aliphatic rings. The van der Waals surface area contributed by atoms with Gasteiger partial charge in [-0.2, -0.15) is 11.3 Å². The third-order valence-corrected chi connectivity index (χ3v) is 5.11. The maximum absolute atomic E-state index is 12.4. The quantitative estimate of drug-likeness (QED) is 0.863. The summed E-state index contributed by atoms with van der Waals surface area (Å²) >= 11 is 1.67. The molecule has 2 aromatic rings. The van der Waals surface area contributed by atoms with Crippen molar-refractivity contribution in [1.82, 2.24) is 29.9 Å². The van der Waals surface area contributed by atoms with Gasteiger partial charge in [0.25, 0.3) is 0 Å². The number of nitrogens with one attached hydrogen (secondary N) is 1. The molecule has 0 saturated carbocycles. The zero-order chi connectivity index (χ0) is 17.1. The largest absolute Gasteiger partial charge is 0.336 e. The van der Waals surface area contributed by atoms with E-state index in [-0.39, 0.29) is 12.1 Å². The van der Waals surface area contributed by atoms with E-state index in [0.717, 1.165) is 31.0 Å². The molecule has 130 valence electrons. The van der Waals surface area contributed by atoms with Crippen LogP contribution in [0.2, 0.25) is 0 Å². The molecule has 1 atom stereocenters. The van der Waals surface area contributed by atoms with Crippen LogP contribution in [0.4, 0.5) is 4.79 Å². The van der Waals surface area contributed by atoms with Gasteiger partial charge in [0.05, 0.1) is 12.6 Å². The Hall–Kier alpha value is -1.93. The fraction of sp³-hybridized carbons (Fsp3) is 0.562. The Morgan fingerprint density at radius 2 is 2.25 bits per heavy atom. The van der Waals surface area contributed by atoms with Crippen molar-refractivity contribution < 1.29 is 4.79 Å². The SMILES string of the molecule is CN(Cc1nnc2n1CCC2)C(=O)NC[C@@H](c1ccsc1)N(C)C. The molecular formula is C16H24N6OS. The molecule has 24 heavy (non-hydrogen) atoms. The van der Waals surface area contributed by atoms with Crippen molar-refractivity contribution in [2.24, 2.45) is 0 Å². The lowest BCUT2D eigenvalue weighted by Crippen LogP contribution is -2.41. The molecule has 1 N–H and O–H groups in total. The number of carbonyl (C=O) groups excluding carboxylic acids is 1. The molecule has 3 rings (SSSR count). The van der Waals surface area contributed by atoms with Gasteiger partial charge in [-0.15, -0.1) is 10.2 Å². The Morgan fingerprint density at radius 1 is 1.42 bits per heavy atom. The Kier molecular flexibility index (Phi) is 5.15. The molecule has 0 spiro atoms. The number of urea groups is 1. The van der Waals surface area contributed by atoms with Crippen molar-refractivity contribution in [1.29, 1.82) is 0 Å². The lowest BCUT2D eigenvalue weighted by Gasteiger charge is -2.25. The predicted octanol–water partition coefficient (Wildman–Crippen LogP) is 1.73. The Balaban J connectivity index is 1.56. The summed E-state index contributed by atoms with van der Waals surface area (Å²) in [6.07, 6.45) is 2.09. The topological polar surface area (TPSA) is 66.3 Å². The van der Waals surface area contributed by atoms with Gasteiger partial charge in [-0.3, -0.25) is 0 Å². The molecule has 2 amide bonds. The van der Waals surface area contributed by atoms with Crippen LogP contribution >= 0.6 is 11.3 Å². The third-order valence-electron chi connectivity index (χ3n) is 4.41. The fourth-order valence-corrected chi connectivity index (χ4v) is 3.70. The van der Waals surface area contributed by atoms with E-state index < -0.39 is 0 Å². The predicted molar refractivity (Wildman–Crippen MR) is 94.0 cm³/mol. The molecule has 0 aromatic carbocycles. The van der Waals surface area contributed by atoms with Crippen LogP contribution < -0.4 is 5.32 Å². The summed E-state index contributed by atoms with van der Waals surface area (Å²) in [5, 5.41) is 15.6. The second-order valence-corrected chi connectivity index (χ2v) is 7.15. The number of carbonyl (C=O) groups is 1. The van der Waals surface area contributed by atoms with Crippen LogP contribution in [0, 0.1) is 0 Å². The van der Waals surface area contributed by atoms with Crippen LogP contribution in [0.1, 0.15) is 29.7 Å². The minimum atomic E-state index is -0.0903. The summed E-state index contributed by atoms with van der Waals surface area (Å²) < 4.78 is 2.12. The third kappa shape index (κ3) is 3.59. The number of amides is 2. The van der Waals surface area contributed by atoms with Gasteiger partial charge in [-0.05, 0) is 42.9 Å². The zero-order valence-electron chi connectivity index (χ0n) is 14.4. The van der Waals surface area contributed by atoms with E-state index in [1.54, 1.807) is 23.3 Å². The number of aromatic nitrogens is 3. The van der Waals surface area contributed by atoms with Crippen LogP contribution in [-0.2, 0) is 19.5 Å². The standard InChI is InChI=1S/C16H24N6OS/c1-20(2)13(12-6-8-24-11-12)9-17-16(23)21(3)10-15-19-18-14-5-4-7-22(14)15/h6,8,11,13H,4-5,7,9-10H2,1-3H3,(H,17,23)/t13-/m0/s1. The number of rotatable bonds is 6. The fourth-order valence-electron chi connectivity index (χ4n) is 2.99. The summed E-state index contributed by atoms with van der Waals surface area (Å²) in [5.41, 5.74) is 1.23. The molecule has 3 heterocycles. The van der Waals surface area contributed by atoms with Crippen molar-refractivity contribution >= 4 is 17.4 Å². The van der Waals surface area contributed by atoms with Crippen molar-refractivity contribution in [3.63, 3.8) is 0 Å². The summed E-state index contributed by atoms with van der Waals surface area (Å²) in [5.74, 6) is 1.89. The number of hydrogen-bond donors (Lipinski definition) is 1. The molecule has 0 fully saturated rings. The Morgan fingerprint density at radius 3 is 2.96 bits per heavy atom. The number of nitrogens with zero attached hydrogens (tertiary/aromatic N) is 5. The Bertz CT molecular complexity index is 681. The molecule has 0 aliphatic carbocycles. The van der Waals surface area contributed by atoms with Gasteiger partial charge < -0.3 is 19.7 Å². The van der Waals surface area contributed by atoms with E-state index in [0.29, 0.717) is 13.1 Å². The van der Waals surface area contributed by atoms with Gasteiger partial charge in [0.15, 0.2) is 5.82 Å². The highest BCUT2D eigenvalue weighted by Gasteiger charge is 2.21. The van der Waals surface area contributed by atoms with E-state index >= 15 is 0 Å². The normalized spacial score (nSPS) is 14.7. The molecule has 0 saturated heterocycles. The molecule has 7 nitrogen and oxygen atoms in total. The minimum absolute atomic E-state index is 0.0903. The summed E-state index contributed by atoms with van der Waals surface area (Å²) in [4.78, 5) is 16.2. The summed E-state index contributed by atoms with van der Waals surface area (Å²) in [6.45, 7) is 2.00. The smallest absolute Gasteiger partial charge is 0.317 e. The van der Waals surface area contributed by atoms with E-state index in [1.165, 1.54) is 5.56 Å². The van der Waals surface area contributed by atoms with E-state index in [9.17, 15) is 4.79 Å². The first-order valence-corrected chi connectivity index (χ1v) is 9.09. The number of thiophene rings is 1. The number of hydrogen-bond acceptors (Lipinski definition) is 5. The lowest BCUT2D eigenvalue weighted by atomic mass is 10.1. The molecule has 2 aromatic heterocycles. The van der Waals surface area contributed by atoms with Crippen molar-refractivity contribution in [3.8, 4) is 0 Å². The molecule has 0 radical (unpaired) electrons. The van der Waals surface area contributed by atoms with Crippen LogP contribution in [-0.4, -0.2) is 58.3 Å². The molecule has 0 unspecified atom stereocenters. The number of aryl methyl sites for hydroxylation is 1. The van der Waals surface area contributed by atoms with Gasteiger partial charge >= 0.3 is 6.03 Å². The zero-order valence-corrected chi connectivity index (χ0v) is 15.2. The first-order chi connectivity index (χ1) is 11.6. The van der Waals surface area contributed by atoms with Crippen LogP contribution in [0.15, 0.2) is 16.8 Å². The Labute approximate surface area is 146 Å². The van der Waals surface area contributed by atoms with Crippen LogP contribution in [0.25, 0.3) is 0 Å². The van der Waals surface area contributed by atoms with E-state index in [1.807, 2.05) is 14.1 Å². The van der Waals surface area contributed by atoms with E-state index in [2.05, 4.69) is 41.8 Å². The number of likely N-dealkylation sites (N-methyl/N-ethyl adjacent to an activating group) is 1. The highest BCUT2D eigenvalue weighted by Crippen LogP contribution is 2.20. The molecule has 0 bridgehead atoms.